The third-order valence-corrected chi connectivity index (χ3v) is 6.32. The molecule has 0 aromatic heterocycles. The minimum atomic E-state index is -0.446. The number of hydrogen-bond acceptors (Lipinski definition) is 4. The Morgan fingerprint density at radius 3 is 2.39 bits per heavy atom. The van der Waals surface area contributed by atoms with Crippen LogP contribution in [0.3, 0.4) is 0 Å². The van der Waals surface area contributed by atoms with Crippen LogP contribution in [-0.2, 0) is 16.0 Å². The minimum absolute atomic E-state index is 0.118. The van der Waals surface area contributed by atoms with Crippen LogP contribution in [0.1, 0.15) is 18.4 Å². The van der Waals surface area contributed by atoms with Crippen molar-refractivity contribution in [3.05, 3.63) is 84.4 Å². The number of nitrogens with one attached hydrogen (secondary N) is 2. The van der Waals surface area contributed by atoms with Gasteiger partial charge in [-0.3, -0.25) is 4.79 Å². The topological polar surface area (TPSA) is 59.6 Å². The van der Waals surface area contributed by atoms with E-state index in [1.54, 1.807) is 7.11 Å². The molecule has 0 bridgehead atoms. The number of methoxy groups -OCH3 is 1. The van der Waals surface area contributed by atoms with Gasteiger partial charge < -0.3 is 20.1 Å². The van der Waals surface area contributed by atoms with Crippen molar-refractivity contribution in [1.29, 1.82) is 0 Å². The summed E-state index contributed by atoms with van der Waals surface area (Å²) in [5.74, 6) is 0.953. The summed E-state index contributed by atoms with van der Waals surface area (Å²) in [6.07, 6.45) is 2.16. The zero-order valence-corrected chi connectivity index (χ0v) is 19.2. The molecule has 1 amide bonds. The predicted molar refractivity (Wildman–Crippen MR) is 133 cm³/mol. The van der Waals surface area contributed by atoms with Gasteiger partial charge in [-0.1, -0.05) is 54.6 Å². The van der Waals surface area contributed by atoms with E-state index in [1.165, 1.54) is 0 Å². The molecule has 1 saturated heterocycles. The normalized spacial score (nSPS) is 14.9. The third kappa shape index (κ3) is 5.93. The highest BCUT2D eigenvalue weighted by atomic mass is 16.5. The van der Waals surface area contributed by atoms with Crippen LogP contribution in [0.2, 0.25) is 0 Å². The Labute approximate surface area is 196 Å². The van der Waals surface area contributed by atoms with E-state index in [9.17, 15) is 4.79 Å². The van der Waals surface area contributed by atoms with Gasteiger partial charge in [-0.05, 0) is 60.2 Å². The molecule has 0 saturated carbocycles. The van der Waals surface area contributed by atoms with Gasteiger partial charge >= 0.3 is 0 Å². The van der Waals surface area contributed by atoms with E-state index in [0.717, 1.165) is 41.0 Å². The zero-order valence-electron chi connectivity index (χ0n) is 19.2. The maximum atomic E-state index is 13.4. The van der Waals surface area contributed by atoms with Gasteiger partial charge in [0.1, 0.15) is 5.75 Å². The number of para-hydroxylation sites is 1. The van der Waals surface area contributed by atoms with Crippen molar-refractivity contribution in [2.45, 2.75) is 19.3 Å². The van der Waals surface area contributed by atoms with E-state index in [-0.39, 0.29) is 5.91 Å². The monoisotopic (exact) mass is 444 g/mol. The smallest absolute Gasteiger partial charge is 0.226 e. The quantitative estimate of drug-likeness (QED) is 0.460. The van der Waals surface area contributed by atoms with Crippen molar-refractivity contribution in [1.82, 2.24) is 5.32 Å². The van der Waals surface area contributed by atoms with Crippen molar-refractivity contribution in [3.8, 4) is 16.9 Å². The standard InChI is InChI=1S/C28H32N2O3/c1-32-26-12-6-9-24(20-26)23-8-5-7-22(19-23)21-28(13-17-33-18-14-28)27(31)30-16-15-29-25-10-3-2-4-11-25/h2-12,19-20,29H,13-18,21H2,1H3,(H,30,31). The fraction of sp³-hybridized carbons (Fsp3) is 0.321. The average molecular weight is 445 g/mol. The van der Waals surface area contributed by atoms with E-state index < -0.39 is 5.41 Å². The number of benzene rings is 3. The fourth-order valence-electron chi connectivity index (χ4n) is 4.43. The molecule has 3 aromatic carbocycles. The summed E-state index contributed by atoms with van der Waals surface area (Å²) < 4.78 is 11.0. The molecule has 4 rings (SSSR count). The second-order valence-electron chi connectivity index (χ2n) is 8.55. The van der Waals surface area contributed by atoms with Crippen LogP contribution in [0, 0.1) is 5.41 Å². The zero-order chi connectivity index (χ0) is 22.9. The lowest BCUT2D eigenvalue weighted by atomic mass is 9.74. The summed E-state index contributed by atoms with van der Waals surface area (Å²) in [4.78, 5) is 13.4. The van der Waals surface area contributed by atoms with Crippen molar-refractivity contribution < 1.29 is 14.3 Å². The largest absolute Gasteiger partial charge is 0.497 e. The number of ether oxygens (including phenoxy) is 2. The lowest BCUT2D eigenvalue weighted by Crippen LogP contribution is -2.47. The highest BCUT2D eigenvalue weighted by molar-refractivity contribution is 5.83. The molecule has 0 atom stereocenters. The van der Waals surface area contributed by atoms with E-state index in [0.29, 0.717) is 32.7 Å². The van der Waals surface area contributed by atoms with Crippen LogP contribution >= 0.6 is 0 Å². The van der Waals surface area contributed by atoms with Crippen LogP contribution in [0.15, 0.2) is 78.9 Å². The molecule has 3 aromatic rings. The summed E-state index contributed by atoms with van der Waals surface area (Å²) in [5, 5.41) is 6.52. The molecule has 0 aliphatic carbocycles. The van der Waals surface area contributed by atoms with Crippen molar-refractivity contribution in [3.63, 3.8) is 0 Å². The second kappa shape index (κ2) is 11.0. The molecule has 1 aliphatic rings. The summed E-state index contributed by atoms with van der Waals surface area (Å²) in [7, 11) is 1.68. The highest BCUT2D eigenvalue weighted by Crippen LogP contribution is 2.36. The molecule has 172 valence electrons. The van der Waals surface area contributed by atoms with E-state index >= 15 is 0 Å². The van der Waals surface area contributed by atoms with Gasteiger partial charge in [0.25, 0.3) is 0 Å². The molecule has 0 radical (unpaired) electrons. The molecule has 0 unspecified atom stereocenters. The second-order valence-corrected chi connectivity index (χ2v) is 8.55. The number of rotatable bonds is 9. The first-order valence-electron chi connectivity index (χ1n) is 11.6. The molecule has 2 N–H and O–H groups in total. The summed E-state index contributed by atoms with van der Waals surface area (Å²) in [5.41, 5.74) is 4.00. The highest BCUT2D eigenvalue weighted by Gasteiger charge is 2.39. The SMILES string of the molecule is COc1cccc(-c2cccc(CC3(C(=O)NCCNc4ccccc4)CCOCC3)c2)c1. The van der Waals surface area contributed by atoms with Gasteiger partial charge in [0.2, 0.25) is 5.91 Å². The maximum absolute atomic E-state index is 13.4. The first kappa shape index (κ1) is 22.9. The van der Waals surface area contributed by atoms with Gasteiger partial charge in [0.15, 0.2) is 0 Å². The van der Waals surface area contributed by atoms with Crippen LogP contribution in [0.5, 0.6) is 5.75 Å². The lowest BCUT2D eigenvalue weighted by Gasteiger charge is -2.36. The molecule has 5 heteroatoms. The first-order valence-corrected chi connectivity index (χ1v) is 11.6. The van der Waals surface area contributed by atoms with Crippen molar-refractivity contribution >= 4 is 11.6 Å². The Kier molecular flexibility index (Phi) is 7.63. The Morgan fingerprint density at radius 2 is 1.64 bits per heavy atom. The van der Waals surface area contributed by atoms with E-state index in [4.69, 9.17) is 9.47 Å². The van der Waals surface area contributed by atoms with Crippen LogP contribution in [-0.4, -0.2) is 39.3 Å². The van der Waals surface area contributed by atoms with Crippen molar-refractivity contribution in [2.75, 3.05) is 38.7 Å². The van der Waals surface area contributed by atoms with Gasteiger partial charge in [-0.2, -0.15) is 0 Å². The Hall–Kier alpha value is -3.31. The molecule has 1 heterocycles. The number of amides is 1. The van der Waals surface area contributed by atoms with Gasteiger partial charge in [0.05, 0.1) is 12.5 Å². The lowest BCUT2D eigenvalue weighted by molar-refractivity contribution is -0.136. The molecular formula is C28H32N2O3. The molecule has 33 heavy (non-hydrogen) atoms. The van der Waals surface area contributed by atoms with Gasteiger partial charge in [0, 0.05) is 32.0 Å². The number of anilines is 1. The predicted octanol–water partition coefficient (Wildman–Crippen LogP) is 4.93. The molecule has 5 nitrogen and oxygen atoms in total. The molecule has 1 aliphatic heterocycles. The Morgan fingerprint density at radius 1 is 0.909 bits per heavy atom. The number of carbonyl (C=O) groups excluding carboxylic acids is 1. The van der Waals surface area contributed by atoms with Crippen molar-refractivity contribution in [2.24, 2.45) is 5.41 Å². The van der Waals surface area contributed by atoms with Gasteiger partial charge in [-0.15, -0.1) is 0 Å². The van der Waals surface area contributed by atoms with Crippen LogP contribution in [0.25, 0.3) is 11.1 Å². The summed E-state index contributed by atoms with van der Waals surface area (Å²) in [6.45, 7) is 2.50. The Balaban J connectivity index is 1.44. The average Bonchev–Trinajstić information content (AvgIpc) is 2.88. The Bertz CT molecular complexity index is 1050. The number of hydrogen-bond donors (Lipinski definition) is 2. The van der Waals surface area contributed by atoms with Gasteiger partial charge in [-0.25, -0.2) is 0 Å². The first-order chi connectivity index (χ1) is 16.2. The van der Waals surface area contributed by atoms with Crippen LogP contribution in [0.4, 0.5) is 5.69 Å². The van der Waals surface area contributed by atoms with E-state index in [1.807, 2.05) is 48.5 Å². The molecular weight excluding hydrogens is 412 g/mol. The van der Waals surface area contributed by atoms with E-state index in [2.05, 4.69) is 41.0 Å². The maximum Gasteiger partial charge on any atom is 0.226 e. The minimum Gasteiger partial charge on any atom is -0.497 e. The third-order valence-electron chi connectivity index (χ3n) is 6.32. The fourth-order valence-corrected chi connectivity index (χ4v) is 4.43. The molecule has 0 spiro atoms. The summed E-state index contributed by atoms with van der Waals surface area (Å²) in [6, 6.07) is 26.6. The van der Waals surface area contributed by atoms with Crippen LogP contribution < -0.4 is 15.4 Å². The summed E-state index contributed by atoms with van der Waals surface area (Å²) >= 11 is 0. The number of carbonyl (C=O) groups is 1. The molecule has 1 fully saturated rings.